The third-order valence-corrected chi connectivity index (χ3v) is 1.48. The molecule has 4 heteroatoms. The van der Waals surface area contributed by atoms with Gasteiger partial charge >= 0.3 is 6.03 Å². The van der Waals surface area contributed by atoms with Gasteiger partial charge in [-0.15, -0.1) is 0 Å². The van der Waals surface area contributed by atoms with Crippen LogP contribution < -0.4 is 10.6 Å². The fourth-order valence-corrected chi connectivity index (χ4v) is 1.10. The molecule has 0 aliphatic carbocycles. The average Bonchev–Trinajstić information content (AvgIpc) is 1.82. The van der Waals surface area contributed by atoms with Gasteiger partial charge in [-0.05, 0) is 20.8 Å². The van der Waals surface area contributed by atoms with Crippen LogP contribution in [0.4, 0.5) is 4.79 Å². The molecule has 0 aromatic heterocycles. The van der Waals surface area contributed by atoms with Gasteiger partial charge in [0.2, 0.25) is 0 Å². The van der Waals surface area contributed by atoms with Crippen molar-refractivity contribution in [2.24, 2.45) is 0 Å². The summed E-state index contributed by atoms with van der Waals surface area (Å²) in [4.78, 5) is 10.9. The topological polar surface area (TPSA) is 50.4 Å². The lowest BCUT2D eigenvalue weighted by Gasteiger charge is -2.30. The molecule has 1 rings (SSSR count). The monoisotopic (exact) mass is 172 g/mol. The maximum absolute atomic E-state index is 10.9. The predicted molar refractivity (Wildman–Crippen MR) is 45.8 cm³/mol. The van der Waals surface area contributed by atoms with E-state index in [1.54, 1.807) is 0 Å². The fourth-order valence-electron chi connectivity index (χ4n) is 1.10. The van der Waals surface area contributed by atoms with Gasteiger partial charge in [0, 0.05) is 13.0 Å². The van der Waals surface area contributed by atoms with Gasteiger partial charge in [-0.1, -0.05) is 0 Å². The number of ether oxygens (including phenoxy) is 1. The smallest absolute Gasteiger partial charge is 0.316 e. The quantitative estimate of drug-likeness (QED) is 0.615. The maximum atomic E-state index is 10.9. The van der Waals surface area contributed by atoms with Crippen LogP contribution in [0.25, 0.3) is 0 Å². The summed E-state index contributed by atoms with van der Waals surface area (Å²) < 4.78 is 5.58. The SMILES string of the molecule is CC(C)(C)OC1CCNC(=O)N1. The molecule has 0 aromatic carbocycles. The number of rotatable bonds is 1. The van der Waals surface area contributed by atoms with Gasteiger partial charge in [0.1, 0.15) is 6.23 Å². The Balaban J connectivity index is 2.37. The van der Waals surface area contributed by atoms with Crippen molar-refractivity contribution in [1.82, 2.24) is 10.6 Å². The van der Waals surface area contributed by atoms with E-state index in [-0.39, 0.29) is 17.9 Å². The molecular weight excluding hydrogens is 156 g/mol. The molecule has 1 fully saturated rings. The maximum Gasteiger partial charge on any atom is 0.316 e. The van der Waals surface area contributed by atoms with Gasteiger partial charge in [-0.25, -0.2) is 4.79 Å². The number of urea groups is 1. The highest BCUT2D eigenvalue weighted by atomic mass is 16.5. The lowest BCUT2D eigenvalue weighted by atomic mass is 10.2. The van der Waals surface area contributed by atoms with E-state index in [9.17, 15) is 4.79 Å². The first-order valence-electron chi connectivity index (χ1n) is 4.19. The van der Waals surface area contributed by atoms with E-state index in [0.29, 0.717) is 6.54 Å². The molecule has 2 N–H and O–H groups in total. The standard InChI is InChI=1S/C8H16N2O2/c1-8(2,3)12-6-4-5-9-7(11)10-6/h6H,4-5H2,1-3H3,(H2,9,10,11). The highest BCUT2D eigenvalue weighted by Gasteiger charge is 2.22. The van der Waals surface area contributed by atoms with Crippen LogP contribution in [-0.2, 0) is 4.74 Å². The molecule has 70 valence electrons. The molecule has 1 aliphatic rings. The largest absolute Gasteiger partial charge is 0.353 e. The molecule has 1 aliphatic heterocycles. The van der Waals surface area contributed by atoms with Crippen LogP contribution in [0, 0.1) is 0 Å². The molecule has 1 saturated heterocycles. The number of hydrogen-bond acceptors (Lipinski definition) is 2. The van der Waals surface area contributed by atoms with Crippen molar-refractivity contribution in [2.75, 3.05) is 6.54 Å². The highest BCUT2D eigenvalue weighted by Crippen LogP contribution is 2.12. The first-order chi connectivity index (χ1) is 5.47. The Morgan fingerprint density at radius 2 is 2.17 bits per heavy atom. The number of carbonyl (C=O) groups is 1. The molecule has 0 radical (unpaired) electrons. The number of amides is 2. The molecule has 0 bridgehead atoms. The molecule has 0 spiro atoms. The van der Waals surface area contributed by atoms with Crippen molar-refractivity contribution in [1.29, 1.82) is 0 Å². The number of carbonyl (C=O) groups excluding carboxylic acids is 1. The van der Waals surface area contributed by atoms with E-state index in [1.165, 1.54) is 0 Å². The van der Waals surface area contributed by atoms with Crippen molar-refractivity contribution in [2.45, 2.75) is 39.0 Å². The van der Waals surface area contributed by atoms with Crippen LogP contribution in [0.5, 0.6) is 0 Å². The van der Waals surface area contributed by atoms with E-state index in [4.69, 9.17) is 4.74 Å². The molecule has 1 atom stereocenters. The van der Waals surface area contributed by atoms with Gasteiger partial charge in [0.25, 0.3) is 0 Å². The van der Waals surface area contributed by atoms with E-state index in [1.807, 2.05) is 20.8 Å². The lowest BCUT2D eigenvalue weighted by molar-refractivity contribution is -0.0750. The summed E-state index contributed by atoms with van der Waals surface area (Å²) in [5, 5.41) is 5.37. The Hall–Kier alpha value is -0.770. The second kappa shape index (κ2) is 3.31. The molecule has 1 heterocycles. The van der Waals surface area contributed by atoms with Gasteiger partial charge < -0.3 is 15.4 Å². The summed E-state index contributed by atoms with van der Waals surface area (Å²) in [7, 11) is 0. The Morgan fingerprint density at radius 3 is 2.67 bits per heavy atom. The van der Waals surface area contributed by atoms with Crippen molar-refractivity contribution in [3.8, 4) is 0 Å². The Morgan fingerprint density at radius 1 is 1.50 bits per heavy atom. The normalized spacial score (nSPS) is 24.6. The van der Waals surface area contributed by atoms with Crippen LogP contribution in [0.2, 0.25) is 0 Å². The predicted octanol–water partition coefficient (Wildman–Crippen LogP) is 0.831. The van der Waals surface area contributed by atoms with Gasteiger partial charge in [-0.2, -0.15) is 0 Å². The molecule has 1 unspecified atom stereocenters. The minimum Gasteiger partial charge on any atom is -0.353 e. The van der Waals surface area contributed by atoms with E-state index in [2.05, 4.69) is 10.6 Å². The van der Waals surface area contributed by atoms with Crippen molar-refractivity contribution in [3.05, 3.63) is 0 Å². The minimum atomic E-state index is -0.199. The molecular formula is C8H16N2O2. The minimum absolute atomic E-state index is 0.140. The lowest BCUT2D eigenvalue weighted by Crippen LogP contribution is -2.52. The van der Waals surface area contributed by atoms with Crippen molar-refractivity contribution >= 4 is 6.03 Å². The third kappa shape index (κ3) is 3.09. The highest BCUT2D eigenvalue weighted by molar-refractivity contribution is 5.74. The Bertz CT molecular complexity index is 174. The Kier molecular flexibility index (Phi) is 2.57. The van der Waals surface area contributed by atoms with Gasteiger partial charge in [-0.3, -0.25) is 0 Å². The van der Waals surface area contributed by atoms with Crippen LogP contribution >= 0.6 is 0 Å². The zero-order chi connectivity index (χ0) is 9.19. The van der Waals surface area contributed by atoms with Crippen LogP contribution in [-0.4, -0.2) is 24.4 Å². The third-order valence-electron chi connectivity index (χ3n) is 1.48. The zero-order valence-corrected chi connectivity index (χ0v) is 7.81. The van der Waals surface area contributed by atoms with E-state index >= 15 is 0 Å². The zero-order valence-electron chi connectivity index (χ0n) is 7.81. The Labute approximate surface area is 72.7 Å². The van der Waals surface area contributed by atoms with Gasteiger partial charge in [0.15, 0.2) is 0 Å². The second-order valence-electron chi connectivity index (χ2n) is 3.91. The van der Waals surface area contributed by atoms with Crippen LogP contribution in [0.1, 0.15) is 27.2 Å². The molecule has 0 aromatic rings. The van der Waals surface area contributed by atoms with Crippen LogP contribution in [0.3, 0.4) is 0 Å². The first kappa shape index (κ1) is 9.32. The molecule has 0 saturated carbocycles. The van der Waals surface area contributed by atoms with Gasteiger partial charge in [0.05, 0.1) is 5.60 Å². The number of nitrogens with one attached hydrogen (secondary N) is 2. The van der Waals surface area contributed by atoms with Crippen LogP contribution in [0.15, 0.2) is 0 Å². The molecule has 4 nitrogen and oxygen atoms in total. The fraction of sp³-hybridized carbons (Fsp3) is 0.875. The van der Waals surface area contributed by atoms with E-state index < -0.39 is 0 Å². The summed E-state index contributed by atoms with van der Waals surface area (Å²) in [6.07, 6.45) is 0.682. The molecule has 12 heavy (non-hydrogen) atoms. The number of hydrogen-bond donors (Lipinski definition) is 2. The van der Waals surface area contributed by atoms with Crippen molar-refractivity contribution < 1.29 is 9.53 Å². The summed E-state index contributed by atoms with van der Waals surface area (Å²) in [5.41, 5.74) is -0.199. The molecule has 2 amide bonds. The summed E-state index contributed by atoms with van der Waals surface area (Å²) in [6.45, 7) is 6.61. The second-order valence-corrected chi connectivity index (χ2v) is 3.91. The van der Waals surface area contributed by atoms with Crippen molar-refractivity contribution in [3.63, 3.8) is 0 Å². The average molecular weight is 172 g/mol. The summed E-state index contributed by atoms with van der Waals surface area (Å²) >= 11 is 0. The first-order valence-corrected chi connectivity index (χ1v) is 4.19. The summed E-state index contributed by atoms with van der Waals surface area (Å²) in [6, 6.07) is -0.143. The summed E-state index contributed by atoms with van der Waals surface area (Å²) in [5.74, 6) is 0. The van der Waals surface area contributed by atoms with E-state index in [0.717, 1.165) is 6.42 Å².